The van der Waals surface area contributed by atoms with Crippen LogP contribution in [0, 0.1) is 5.41 Å². The van der Waals surface area contributed by atoms with E-state index in [-0.39, 0.29) is 16.8 Å². The van der Waals surface area contributed by atoms with Crippen LogP contribution in [0.25, 0.3) is 16.9 Å². The number of nitrogens with zero attached hydrogens (tertiary/aromatic N) is 5. The SMILES string of the molecule is COc1ccc(Cl)cc1-c1c(NC(=O)c2c(N)nn3cccnc23)cnn1CC(C)(C)C. The van der Waals surface area contributed by atoms with Crippen molar-refractivity contribution in [2.45, 2.75) is 27.3 Å². The molecule has 3 aromatic heterocycles. The molecule has 0 unspecified atom stereocenters. The number of carbonyl (C=O) groups is 1. The molecule has 4 aromatic rings. The Morgan fingerprint density at radius 3 is 2.81 bits per heavy atom. The number of hydrogen-bond donors (Lipinski definition) is 2. The van der Waals surface area contributed by atoms with Gasteiger partial charge in [-0.1, -0.05) is 32.4 Å². The van der Waals surface area contributed by atoms with Crippen LogP contribution in [0.15, 0.2) is 42.9 Å². The highest BCUT2D eigenvalue weighted by Gasteiger charge is 2.25. The molecular formula is C22H24ClN7O2. The number of rotatable bonds is 5. The Morgan fingerprint density at radius 2 is 2.09 bits per heavy atom. The summed E-state index contributed by atoms with van der Waals surface area (Å²) in [6, 6.07) is 7.03. The second-order valence-electron chi connectivity index (χ2n) is 8.57. The molecule has 0 aliphatic heterocycles. The average molecular weight is 454 g/mol. The minimum Gasteiger partial charge on any atom is -0.496 e. The zero-order valence-electron chi connectivity index (χ0n) is 18.3. The van der Waals surface area contributed by atoms with E-state index in [0.717, 1.165) is 0 Å². The minimum atomic E-state index is -0.436. The number of nitrogens with one attached hydrogen (secondary N) is 1. The van der Waals surface area contributed by atoms with Crippen LogP contribution in [-0.2, 0) is 6.54 Å². The summed E-state index contributed by atoms with van der Waals surface area (Å²) >= 11 is 6.29. The Labute approximate surface area is 190 Å². The topological polar surface area (TPSA) is 112 Å². The molecule has 0 bridgehead atoms. The summed E-state index contributed by atoms with van der Waals surface area (Å²) in [6.45, 7) is 6.93. The van der Waals surface area contributed by atoms with E-state index in [1.54, 1.807) is 50.0 Å². The summed E-state index contributed by atoms with van der Waals surface area (Å²) in [5, 5.41) is 12.2. The van der Waals surface area contributed by atoms with Gasteiger partial charge in [0.2, 0.25) is 0 Å². The summed E-state index contributed by atoms with van der Waals surface area (Å²) in [7, 11) is 1.58. The molecule has 32 heavy (non-hydrogen) atoms. The molecule has 10 heteroatoms. The van der Waals surface area contributed by atoms with Gasteiger partial charge in [-0.25, -0.2) is 9.50 Å². The molecule has 3 N–H and O–H groups in total. The Balaban J connectivity index is 1.82. The number of halogens is 1. The molecule has 1 amide bonds. The van der Waals surface area contributed by atoms with Gasteiger partial charge >= 0.3 is 0 Å². The van der Waals surface area contributed by atoms with Crippen LogP contribution in [0.2, 0.25) is 5.02 Å². The van der Waals surface area contributed by atoms with Crippen LogP contribution in [-0.4, -0.2) is 37.4 Å². The Bertz CT molecular complexity index is 1300. The van der Waals surface area contributed by atoms with E-state index in [9.17, 15) is 4.79 Å². The summed E-state index contributed by atoms with van der Waals surface area (Å²) in [4.78, 5) is 17.5. The molecule has 4 rings (SSSR count). The van der Waals surface area contributed by atoms with Crippen molar-refractivity contribution in [3.8, 4) is 17.0 Å². The van der Waals surface area contributed by atoms with E-state index in [4.69, 9.17) is 22.1 Å². The Hall–Kier alpha value is -3.59. The van der Waals surface area contributed by atoms with Crippen molar-refractivity contribution in [2.24, 2.45) is 5.41 Å². The first-order chi connectivity index (χ1) is 15.2. The first-order valence-electron chi connectivity index (χ1n) is 9.98. The molecule has 0 saturated carbocycles. The van der Waals surface area contributed by atoms with Crippen molar-refractivity contribution in [3.63, 3.8) is 0 Å². The van der Waals surface area contributed by atoms with Crippen LogP contribution >= 0.6 is 11.6 Å². The number of methoxy groups -OCH3 is 1. The fourth-order valence-electron chi connectivity index (χ4n) is 3.50. The summed E-state index contributed by atoms with van der Waals surface area (Å²) in [6.07, 6.45) is 4.87. The Kier molecular flexibility index (Phi) is 5.52. The molecule has 3 heterocycles. The monoisotopic (exact) mass is 453 g/mol. The number of aromatic nitrogens is 5. The van der Waals surface area contributed by atoms with Crippen molar-refractivity contribution in [2.75, 3.05) is 18.2 Å². The van der Waals surface area contributed by atoms with Gasteiger partial charge in [-0.05, 0) is 29.7 Å². The maximum Gasteiger partial charge on any atom is 0.263 e. The van der Waals surface area contributed by atoms with Crippen molar-refractivity contribution in [1.29, 1.82) is 0 Å². The summed E-state index contributed by atoms with van der Waals surface area (Å²) < 4.78 is 8.86. The lowest BCUT2D eigenvalue weighted by Crippen LogP contribution is -2.18. The molecule has 0 aliphatic rings. The fraction of sp³-hybridized carbons (Fsp3) is 0.273. The lowest BCUT2D eigenvalue weighted by molar-refractivity contribution is 0.102. The molecule has 0 aliphatic carbocycles. The van der Waals surface area contributed by atoms with E-state index < -0.39 is 5.91 Å². The maximum atomic E-state index is 13.2. The number of anilines is 2. The second-order valence-corrected chi connectivity index (χ2v) is 9.01. The van der Waals surface area contributed by atoms with Crippen LogP contribution < -0.4 is 15.8 Å². The molecule has 0 spiro atoms. The molecule has 9 nitrogen and oxygen atoms in total. The van der Waals surface area contributed by atoms with Crippen LogP contribution in [0.4, 0.5) is 11.5 Å². The predicted molar refractivity (Wildman–Crippen MR) is 124 cm³/mol. The number of benzene rings is 1. The lowest BCUT2D eigenvalue weighted by Gasteiger charge is -2.21. The van der Waals surface area contributed by atoms with Gasteiger partial charge in [0.25, 0.3) is 5.91 Å². The third-order valence-electron chi connectivity index (χ3n) is 4.78. The van der Waals surface area contributed by atoms with Crippen molar-refractivity contribution in [1.82, 2.24) is 24.4 Å². The van der Waals surface area contributed by atoms with Crippen LogP contribution in [0.5, 0.6) is 5.75 Å². The number of fused-ring (bicyclic) bond motifs is 1. The summed E-state index contributed by atoms with van der Waals surface area (Å²) in [5.74, 6) is 0.261. The van der Waals surface area contributed by atoms with Gasteiger partial charge in [-0.2, -0.15) is 5.10 Å². The van der Waals surface area contributed by atoms with Crippen LogP contribution in [0.3, 0.4) is 0 Å². The quantitative estimate of drug-likeness (QED) is 0.469. The van der Waals surface area contributed by atoms with Crippen molar-refractivity contribution < 1.29 is 9.53 Å². The van der Waals surface area contributed by atoms with Gasteiger partial charge in [-0.15, -0.1) is 5.10 Å². The molecule has 0 saturated heterocycles. The van der Waals surface area contributed by atoms with Gasteiger partial charge in [0.15, 0.2) is 11.5 Å². The highest BCUT2D eigenvalue weighted by atomic mass is 35.5. The predicted octanol–water partition coefficient (Wildman–Crippen LogP) is 4.14. The second kappa shape index (κ2) is 8.16. The first kappa shape index (κ1) is 21.6. The molecule has 166 valence electrons. The van der Waals surface area contributed by atoms with Gasteiger partial charge in [0, 0.05) is 29.5 Å². The third-order valence-corrected chi connectivity index (χ3v) is 5.01. The van der Waals surface area contributed by atoms with E-state index in [1.165, 1.54) is 4.52 Å². The smallest absolute Gasteiger partial charge is 0.263 e. The number of amides is 1. The highest BCUT2D eigenvalue weighted by Crippen LogP contribution is 2.38. The van der Waals surface area contributed by atoms with Gasteiger partial charge in [0.05, 0.1) is 24.7 Å². The largest absolute Gasteiger partial charge is 0.496 e. The molecular weight excluding hydrogens is 430 g/mol. The third kappa shape index (κ3) is 4.11. The van der Waals surface area contributed by atoms with E-state index >= 15 is 0 Å². The molecule has 0 atom stereocenters. The Morgan fingerprint density at radius 1 is 1.31 bits per heavy atom. The van der Waals surface area contributed by atoms with Gasteiger partial charge < -0.3 is 15.8 Å². The molecule has 1 aromatic carbocycles. The molecule has 0 radical (unpaired) electrons. The summed E-state index contributed by atoms with van der Waals surface area (Å²) in [5.41, 5.74) is 8.40. The zero-order chi connectivity index (χ0) is 23.0. The van der Waals surface area contributed by atoms with E-state index in [1.807, 2.05) is 4.68 Å². The number of nitrogen functional groups attached to an aromatic ring is 1. The van der Waals surface area contributed by atoms with E-state index in [0.29, 0.717) is 39.9 Å². The lowest BCUT2D eigenvalue weighted by atomic mass is 9.96. The van der Waals surface area contributed by atoms with Crippen molar-refractivity contribution >= 4 is 34.7 Å². The normalized spacial score (nSPS) is 11.7. The van der Waals surface area contributed by atoms with Gasteiger partial charge in [-0.3, -0.25) is 9.48 Å². The number of ether oxygens (including phenoxy) is 1. The number of nitrogens with two attached hydrogens (primary N) is 1. The minimum absolute atomic E-state index is 0.0648. The maximum absolute atomic E-state index is 13.2. The average Bonchev–Trinajstić information content (AvgIpc) is 3.25. The van der Waals surface area contributed by atoms with Crippen LogP contribution in [0.1, 0.15) is 31.1 Å². The van der Waals surface area contributed by atoms with E-state index in [2.05, 4.69) is 41.3 Å². The van der Waals surface area contributed by atoms with Gasteiger partial charge in [0.1, 0.15) is 11.3 Å². The van der Waals surface area contributed by atoms with Crippen molar-refractivity contribution in [3.05, 3.63) is 53.4 Å². The highest BCUT2D eigenvalue weighted by molar-refractivity contribution is 6.31. The first-order valence-corrected chi connectivity index (χ1v) is 10.4. The fourth-order valence-corrected chi connectivity index (χ4v) is 3.67. The standard InChI is InChI=1S/C22H24ClN7O2/c1-22(2,3)12-30-18(14-10-13(23)6-7-16(14)32-4)15(11-26-30)27-21(31)17-19(24)28-29-9-5-8-25-20(17)29/h5-11H,12H2,1-4H3,(H2,24,28)(H,27,31). The molecule has 0 fully saturated rings. The zero-order valence-corrected chi connectivity index (χ0v) is 19.0. The number of carbonyl (C=O) groups excluding carboxylic acids is 1. The number of hydrogen-bond acceptors (Lipinski definition) is 6.